The SMILES string of the molecule is COc1ccc(COC(=O)c2ccc3c(=O)n4c(nc3c2)CCCCCC4)cc1F. The molecule has 0 aliphatic carbocycles. The number of carbonyl (C=O) groups is 1. The molecule has 0 amide bonds. The molecule has 0 fully saturated rings. The van der Waals surface area contributed by atoms with Crippen molar-refractivity contribution in [2.75, 3.05) is 7.11 Å². The molecule has 4 rings (SSSR count). The summed E-state index contributed by atoms with van der Waals surface area (Å²) in [4.78, 5) is 30.0. The highest BCUT2D eigenvalue weighted by Gasteiger charge is 2.16. The summed E-state index contributed by atoms with van der Waals surface area (Å²) < 4.78 is 25.8. The highest BCUT2D eigenvalue weighted by molar-refractivity contribution is 5.94. The number of hydrogen-bond acceptors (Lipinski definition) is 5. The molecule has 0 unspecified atom stereocenters. The van der Waals surface area contributed by atoms with Gasteiger partial charge in [-0.05, 0) is 48.7 Å². The van der Waals surface area contributed by atoms with Gasteiger partial charge in [0.15, 0.2) is 11.6 Å². The van der Waals surface area contributed by atoms with Gasteiger partial charge in [-0.3, -0.25) is 9.36 Å². The molecular formula is C23H23FN2O4. The molecule has 1 aliphatic heterocycles. The summed E-state index contributed by atoms with van der Waals surface area (Å²) in [6.45, 7) is 0.609. The van der Waals surface area contributed by atoms with Gasteiger partial charge in [-0.2, -0.15) is 0 Å². The molecular weight excluding hydrogens is 387 g/mol. The highest BCUT2D eigenvalue weighted by Crippen LogP contribution is 2.20. The molecule has 0 atom stereocenters. The molecule has 0 saturated carbocycles. The zero-order valence-corrected chi connectivity index (χ0v) is 16.8. The van der Waals surface area contributed by atoms with Crippen LogP contribution in [0.25, 0.3) is 10.9 Å². The van der Waals surface area contributed by atoms with Crippen LogP contribution < -0.4 is 10.3 Å². The average Bonchev–Trinajstić information content (AvgIpc) is 2.73. The third-order valence-electron chi connectivity index (χ3n) is 5.39. The number of aryl methyl sites for hydroxylation is 1. The standard InChI is InChI=1S/C23H23FN2O4/c1-29-20-10-7-15(12-18(20)24)14-30-23(28)16-8-9-17-19(13-16)25-21-6-4-2-3-5-11-26(21)22(17)27/h7-10,12-13H,2-6,11,14H2,1H3. The Balaban J connectivity index is 1.56. The lowest BCUT2D eigenvalue weighted by Crippen LogP contribution is -2.26. The number of benzene rings is 2. The Labute approximate surface area is 173 Å². The van der Waals surface area contributed by atoms with Crippen LogP contribution in [-0.4, -0.2) is 22.6 Å². The topological polar surface area (TPSA) is 70.4 Å². The van der Waals surface area contributed by atoms with E-state index in [1.807, 2.05) is 0 Å². The molecule has 2 aromatic carbocycles. The van der Waals surface area contributed by atoms with Crippen LogP contribution in [0.4, 0.5) is 4.39 Å². The smallest absolute Gasteiger partial charge is 0.338 e. The van der Waals surface area contributed by atoms with Gasteiger partial charge in [0.25, 0.3) is 5.56 Å². The maximum Gasteiger partial charge on any atom is 0.338 e. The first-order chi connectivity index (χ1) is 14.6. The molecule has 0 bridgehead atoms. The Morgan fingerprint density at radius 3 is 2.77 bits per heavy atom. The van der Waals surface area contributed by atoms with E-state index in [2.05, 4.69) is 4.98 Å². The van der Waals surface area contributed by atoms with Gasteiger partial charge < -0.3 is 9.47 Å². The van der Waals surface area contributed by atoms with Crippen LogP contribution >= 0.6 is 0 Å². The molecule has 3 aromatic rings. The number of nitrogens with zero attached hydrogens (tertiary/aromatic N) is 2. The number of methoxy groups -OCH3 is 1. The summed E-state index contributed by atoms with van der Waals surface area (Å²) in [5, 5.41) is 0.494. The predicted molar refractivity (Wildman–Crippen MR) is 110 cm³/mol. The highest BCUT2D eigenvalue weighted by atomic mass is 19.1. The molecule has 1 aromatic heterocycles. The number of ether oxygens (including phenoxy) is 2. The predicted octanol–water partition coefficient (Wildman–Crippen LogP) is 4.02. The molecule has 1 aliphatic rings. The van der Waals surface area contributed by atoms with Gasteiger partial charge in [0, 0.05) is 13.0 Å². The lowest BCUT2D eigenvalue weighted by Gasteiger charge is -2.16. The van der Waals surface area contributed by atoms with Crippen LogP contribution in [0, 0.1) is 5.82 Å². The quantitative estimate of drug-likeness (QED) is 0.608. The van der Waals surface area contributed by atoms with Crippen molar-refractivity contribution in [3.05, 3.63) is 69.5 Å². The van der Waals surface area contributed by atoms with E-state index in [4.69, 9.17) is 9.47 Å². The molecule has 0 N–H and O–H groups in total. The van der Waals surface area contributed by atoms with Gasteiger partial charge >= 0.3 is 5.97 Å². The third kappa shape index (κ3) is 4.06. The molecule has 0 spiro atoms. The van der Waals surface area contributed by atoms with Crippen LogP contribution in [0.5, 0.6) is 5.75 Å². The summed E-state index contributed by atoms with van der Waals surface area (Å²) in [6.07, 6.45) is 4.97. The average molecular weight is 410 g/mol. The molecule has 0 saturated heterocycles. The summed E-state index contributed by atoms with van der Waals surface area (Å²) in [5.41, 5.74) is 1.25. The first kappa shape index (κ1) is 20.1. The van der Waals surface area contributed by atoms with E-state index in [0.717, 1.165) is 37.9 Å². The molecule has 0 radical (unpaired) electrons. The summed E-state index contributed by atoms with van der Waals surface area (Å²) >= 11 is 0. The van der Waals surface area contributed by atoms with Crippen LogP contribution in [-0.2, 0) is 24.3 Å². The Bertz CT molecular complexity index is 1160. The Hall–Kier alpha value is -3.22. The van der Waals surface area contributed by atoms with Gasteiger partial charge in [0.05, 0.1) is 23.6 Å². The molecule has 2 heterocycles. The lowest BCUT2D eigenvalue weighted by molar-refractivity contribution is 0.0472. The van der Waals surface area contributed by atoms with E-state index < -0.39 is 11.8 Å². The molecule has 6 nitrogen and oxygen atoms in total. The first-order valence-electron chi connectivity index (χ1n) is 10.1. The number of aromatic nitrogens is 2. The maximum atomic E-state index is 13.8. The zero-order valence-electron chi connectivity index (χ0n) is 16.8. The van der Waals surface area contributed by atoms with Crippen molar-refractivity contribution in [1.82, 2.24) is 9.55 Å². The van der Waals surface area contributed by atoms with Crippen molar-refractivity contribution in [3.63, 3.8) is 0 Å². The lowest BCUT2D eigenvalue weighted by atomic mass is 10.1. The van der Waals surface area contributed by atoms with Crippen molar-refractivity contribution in [2.24, 2.45) is 0 Å². The first-order valence-corrected chi connectivity index (χ1v) is 10.1. The van der Waals surface area contributed by atoms with Crippen LogP contribution in [0.3, 0.4) is 0 Å². The van der Waals surface area contributed by atoms with Gasteiger partial charge in [-0.15, -0.1) is 0 Å². The largest absolute Gasteiger partial charge is 0.494 e. The normalized spacial score (nSPS) is 13.9. The number of fused-ring (bicyclic) bond motifs is 2. The maximum absolute atomic E-state index is 13.8. The van der Waals surface area contributed by atoms with E-state index in [0.29, 0.717) is 28.6 Å². The van der Waals surface area contributed by atoms with E-state index in [-0.39, 0.29) is 17.9 Å². The van der Waals surface area contributed by atoms with Gasteiger partial charge in [-0.25, -0.2) is 14.2 Å². The second-order valence-electron chi connectivity index (χ2n) is 7.43. The minimum absolute atomic E-state index is 0.0643. The minimum Gasteiger partial charge on any atom is -0.494 e. The van der Waals surface area contributed by atoms with Crippen LogP contribution in [0.15, 0.2) is 41.2 Å². The summed E-state index contributed by atoms with van der Waals surface area (Å²) in [5.74, 6) is -0.169. The summed E-state index contributed by atoms with van der Waals surface area (Å²) in [7, 11) is 1.39. The Morgan fingerprint density at radius 1 is 1.13 bits per heavy atom. The second kappa shape index (κ2) is 8.65. The molecule has 30 heavy (non-hydrogen) atoms. The fourth-order valence-corrected chi connectivity index (χ4v) is 3.75. The zero-order chi connectivity index (χ0) is 21.1. The number of carbonyl (C=O) groups excluding carboxylic acids is 1. The Kier molecular flexibility index (Phi) is 5.79. The molecule has 7 heteroatoms. The van der Waals surface area contributed by atoms with Crippen LogP contribution in [0.1, 0.15) is 47.4 Å². The fraction of sp³-hybridized carbons (Fsp3) is 0.348. The van der Waals surface area contributed by atoms with Crippen LogP contribution in [0.2, 0.25) is 0 Å². The van der Waals surface area contributed by atoms with E-state index in [1.165, 1.54) is 19.2 Å². The number of esters is 1. The number of hydrogen-bond donors (Lipinski definition) is 0. The van der Waals surface area contributed by atoms with Gasteiger partial charge in [-0.1, -0.05) is 18.9 Å². The van der Waals surface area contributed by atoms with E-state index in [9.17, 15) is 14.0 Å². The van der Waals surface area contributed by atoms with Gasteiger partial charge in [0.2, 0.25) is 0 Å². The van der Waals surface area contributed by atoms with Crippen molar-refractivity contribution < 1.29 is 18.7 Å². The minimum atomic E-state index is -0.554. The van der Waals surface area contributed by atoms with Gasteiger partial charge in [0.1, 0.15) is 12.4 Å². The van der Waals surface area contributed by atoms with Crippen molar-refractivity contribution in [2.45, 2.75) is 45.3 Å². The third-order valence-corrected chi connectivity index (χ3v) is 5.39. The monoisotopic (exact) mass is 410 g/mol. The van der Waals surface area contributed by atoms with E-state index >= 15 is 0 Å². The molecule has 156 valence electrons. The second-order valence-corrected chi connectivity index (χ2v) is 7.43. The Morgan fingerprint density at radius 2 is 1.97 bits per heavy atom. The summed E-state index contributed by atoms with van der Waals surface area (Å²) in [6, 6.07) is 9.18. The number of halogens is 1. The van der Waals surface area contributed by atoms with E-state index in [1.54, 1.807) is 28.8 Å². The fourth-order valence-electron chi connectivity index (χ4n) is 3.75. The van der Waals surface area contributed by atoms with Crippen molar-refractivity contribution in [3.8, 4) is 5.75 Å². The van der Waals surface area contributed by atoms with Crippen molar-refractivity contribution >= 4 is 16.9 Å². The number of rotatable bonds is 4. The van der Waals surface area contributed by atoms with Crippen molar-refractivity contribution in [1.29, 1.82) is 0 Å².